The molecule has 3 nitrogen and oxygen atoms in total. The lowest BCUT2D eigenvalue weighted by Crippen LogP contribution is -1.92. The lowest BCUT2D eigenvalue weighted by Gasteiger charge is -1.96. The van der Waals surface area contributed by atoms with Crippen LogP contribution in [0.25, 0.3) is 0 Å². The zero-order chi connectivity index (χ0) is 8.10. The van der Waals surface area contributed by atoms with E-state index in [9.17, 15) is 4.79 Å². The maximum atomic E-state index is 10.2. The van der Waals surface area contributed by atoms with Crippen LogP contribution in [-0.4, -0.2) is 18.4 Å². The maximum Gasteiger partial charge on any atom is 0.151 e. The van der Waals surface area contributed by atoms with Gasteiger partial charge in [-0.3, -0.25) is 9.78 Å². The molecule has 0 N–H and O–H groups in total. The summed E-state index contributed by atoms with van der Waals surface area (Å²) in [5.41, 5.74) is 1.42. The molecule has 58 valence electrons. The molecule has 1 rings (SSSR count). The minimum absolute atomic E-state index is 0.485. The van der Waals surface area contributed by atoms with E-state index in [-0.39, 0.29) is 0 Å². The van der Waals surface area contributed by atoms with Crippen LogP contribution in [0.5, 0.6) is 0 Å². The topological polar surface area (TPSA) is 39.2 Å². The predicted molar refractivity (Wildman–Crippen MR) is 40.3 cm³/mol. The first-order valence-electron chi connectivity index (χ1n) is 3.26. The minimum atomic E-state index is 0.485. The van der Waals surface area contributed by atoms with Crippen molar-refractivity contribution >= 4 is 6.29 Å². The van der Waals surface area contributed by atoms with Crippen molar-refractivity contribution in [1.82, 2.24) is 4.98 Å². The van der Waals surface area contributed by atoms with Crippen molar-refractivity contribution in [3.05, 3.63) is 29.6 Å². The molecule has 0 fully saturated rings. The molecule has 1 heterocycles. The number of nitrogens with zero attached hydrogens (tertiary/aromatic N) is 1. The van der Waals surface area contributed by atoms with E-state index in [0.717, 1.165) is 12.0 Å². The van der Waals surface area contributed by atoms with Crippen LogP contribution in [-0.2, 0) is 11.3 Å². The molecule has 0 aliphatic carbocycles. The molecule has 0 spiro atoms. The Balaban J connectivity index is 2.74. The number of carbonyl (C=O) groups excluding carboxylic acids is 1. The van der Waals surface area contributed by atoms with Crippen molar-refractivity contribution in [2.45, 2.75) is 6.61 Å². The molecule has 0 unspecified atom stereocenters. The maximum absolute atomic E-state index is 10.2. The zero-order valence-electron chi connectivity index (χ0n) is 6.28. The Bertz CT molecular complexity index is 230. The Hall–Kier alpha value is -1.22. The fraction of sp³-hybridized carbons (Fsp3) is 0.250. The average Bonchev–Trinajstić information content (AvgIpc) is 2.07. The van der Waals surface area contributed by atoms with Crippen molar-refractivity contribution in [1.29, 1.82) is 0 Å². The first-order chi connectivity index (χ1) is 5.36. The number of aldehydes is 1. The van der Waals surface area contributed by atoms with Gasteiger partial charge in [-0.25, -0.2) is 0 Å². The summed E-state index contributed by atoms with van der Waals surface area (Å²) in [5, 5.41) is 0. The Morgan fingerprint density at radius 1 is 1.64 bits per heavy atom. The van der Waals surface area contributed by atoms with Crippen LogP contribution in [0.2, 0.25) is 0 Å². The van der Waals surface area contributed by atoms with E-state index in [1.54, 1.807) is 19.2 Å². The molecule has 0 aliphatic rings. The Labute approximate surface area is 65.0 Å². The van der Waals surface area contributed by atoms with Crippen molar-refractivity contribution < 1.29 is 9.53 Å². The van der Waals surface area contributed by atoms with E-state index in [1.807, 2.05) is 0 Å². The molecular weight excluding hydrogens is 142 g/mol. The van der Waals surface area contributed by atoms with Gasteiger partial charge in [0.25, 0.3) is 0 Å². The van der Waals surface area contributed by atoms with Crippen molar-refractivity contribution in [3.63, 3.8) is 0 Å². The fourth-order valence-electron chi connectivity index (χ4n) is 0.739. The molecule has 0 radical (unpaired) electrons. The minimum Gasteiger partial charge on any atom is -0.378 e. The number of hydrogen-bond acceptors (Lipinski definition) is 3. The molecule has 0 saturated heterocycles. The summed E-state index contributed by atoms with van der Waals surface area (Å²) in [5.74, 6) is 0. The number of carbonyl (C=O) groups is 1. The Kier molecular flexibility index (Phi) is 2.74. The normalized spacial score (nSPS) is 9.55. The number of pyridine rings is 1. The summed E-state index contributed by atoms with van der Waals surface area (Å²) in [6.45, 7) is 0.485. The van der Waals surface area contributed by atoms with Crippen LogP contribution in [0.15, 0.2) is 18.3 Å². The molecule has 0 amide bonds. The fourth-order valence-corrected chi connectivity index (χ4v) is 0.739. The monoisotopic (exact) mass is 151 g/mol. The molecule has 0 atom stereocenters. The van der Waals surface area contributed by atoms with Gasteiger partial charge < -0.3 is 4.74 Å². The van der Waals surface area contributed by atoms with E-state index in [0.29, 0.717) is 12.2 Å². The van der Waals surface area contributed by atoms with Crippen LogP contribution >= 0.6 is 0 Å². The van der Waals surface area contributed by atoms with E-state index in [4.69, 9.17) is 4.74 Å². The van der Waals surface area contributed by atoms with E-state index >= 15 is 0 Å². The highest BCUT2D eigenvalue weighted by atomic mass is 16.5. The second-order valence-electron chi connectivity index (χ2n) is 2.13. The molecule has 11 heavy (non-hydrogen) atoms. The molecule has 0 aliphatic heterocycles. The Morgan fingerprint density at radius 3 is 2.91 bits per heavy atom. The van der Waals surface area contributed by atoms with Gasteiger partial charge in [0.1, 0.15) is 0 Å². The van der Waals surface area contributed by atoms with Gasteiger partial charge in [0.2, 0.25) is 0 Å². The van der Waals surface area contributed by atoms with Gasteiger partial charge in [-0.2, -0.15) is 0 Å². The molecule has 1 aromatic heterocycles. The molecule has 0 bridgehead atoms. The number of aromatic nitrogens is 1. The van der Waals surface area contributed by atoms with Crippen molar-refractivity contribution in [3.8, 4) is 0 Å². The largest absolute Gasteiger partial charge is 0.378 e. The molecule has 1 aromatic rings. The van der Waals surface area contributed by atoms with Gasteiger partial charge in [-0.1, -0.05) is 0 Å². The average molecular weight is 151 g/mol. The van der Waals surface area contributed by atoms with Crippen molar-refractivity contribution in [2.24, 2.45) is 0 Å². The summed E-state index contributed by atoms with van der Waals surface area (Å²) in [6, 6.07) is 3.49. The summed E-state index contributed by atoms with van der Waals surface area (Å²) in [6.07, 6.45) is 2.30. The standard InChI is InChI=1S/C8H9NO2/c1-11-6-8-3-2-7(5-10)4-9-8/h2-5H,6H2,1H3. The van der Waals surface area contributed by atoms with Gasteiger partial charge >= 0.3 is 0 Å². The predicted octanol–water partition coefficient (Wildman–Crippen LogP) is 1.04. The highest BCUT2D eigenvalue weighted by Gasteiger charge is 1.92. The first kappa shape index (κ1) is 7.88. The first-order valence-corrected chi connectivity index (χ1v) is 3.26. The van der Waals surface area contributed by atoms with Crippen LogP contribution in [0.1, 0.15) is 16.1 Å². The number of methoxy groups -OCH3 is 1. The third-order valence-electron chi connectivity index (χ3n) is 1.28. The van der Waals surface area contributed by atoms with Gasteiger partial charge in [0.05, 0.1) is 12.3 Å². The quantitative estimate of drug-likeness (QED) is 0.606. The molecule has 0 saturated carbocycles. The number of rotatable bonds is 3. The smallest absolute Gasteiger partial charge is 0.151 e. The zero-order valence-corrected chi connectivity index (χ0v) is 6.28. The molecular formula is C8H9NO2. The lowest BCUT2D eigenvalue weighted by atomic mass is 10.3. The Morgan fingerprint density at radius 2 is 2.45 bits per heavy atom. The third-order valence-corrected chi connectivity index (χ3v) is 1.28. The highest BCUT2D eigenvalue weighted by Crippen LogP contribution is 1.98. The van der Waals surface area contributed by atoms with E-state index in [2.05, 4.69) is 4.98 Å². The second kappa shape index (κ2) is 3.83. The van der Waals surface area contributed by atoms with Crippen LogP contribution in [0.3, 0.4) is 0 Å². The SMILES string of the molecule is COCc1ccc(C=O)cn1. The summed E-state index contributed by atoms with van der Waals surface area (Å²) < 4.78 is 4.85. The molecule has 3 heteroatoms. The third kappa shape index (κ3) is 2.13. The number of ether oxygens (including phenoxy) is 1. The van der Waals surface area contributed by atoms with E-state index in [1.165, 1.54) is 6.20 Å². The summed E-state index contributed by atoms with van der Waals surface area (Å²) in [4.78, 5) is 14.2. The lowest BCUT2D eigenvalue weighted by molar-refractivity contribution is 0.112. The highest BCUT2D eigenvalue weighted by molar-refractivity contribution is 5.73. The van der Waals surface area contributed by atoms with Crippen molar-refractivity contribution in [2.75, 3.05) is 7.11 Å². The summed E-state index contributed by atoms with van der Waals surface area (Å²) >= 11 is 0. The van der Waals surface area contributed by atoms with Gasteiger partial charge in [-0.15, -0.1) is 0 Å². The number of hydrogen-bond donors (Lipinski definition) is 0. The van der Waals surface area contributed by atoms with Gasteiger partial charge in [0, 0.05) is 18.9 Å². The second-order valence-corrected chi connectivity index (χ2v) is 2.13. The molecule has 0 aromatic carbocycles. The van der Waals surface area contributed by atoms with Crippen LogP contribution in [0.4, 0.5) is 0 Å². The van der Waals surface area contributed by atoms with Crippen LogP contribution < -0.4 is 0 Å². The van der Waals surface area contributed by atoms with E-state index < -0.39 is 0 Å². The summed E-state index contributed by atoms with van der Waals surface area (Å²) in [7, 11) is 1.61. The van der Waals surface area contributed by atoms with Crippen LogP contribution in [0, 0.1) is 0 Å². The van der Waals surface area contributed by atoms with Gasteiger partial charge in [0.15, 0.2) is 6.29 Å². The van der Waals surface area contributed by atoms with Gasteiger partial charge in [-0.05, 0) is 12.1 Å².